The van der Waals surface area contributed by atoms with Crippen LogP contribution in [0.4, 0.5) is 14.5 Å². The van der Waals surface area contributed by atoms with Crippen LogP contribution in [0.1, 0.15) is 9.67 Å². The number of nitrogen functional groups attached to an aromatic ring is 1. The Bertz CT molecular complexity index is 876. The number of halogens is 2. The SMILES string of the molecule is NC(=O)c1sc2nc(-c3ccc(F)cc3F)ccc2c1N. The van der Waals surface area contributed by atoms with Crippen molar-refractivity contribution in [2.75, 3.05) is 5.73 Å². The predicted molar refractivity (Wildman–Crippen MR) is 77.9 cm³/mol. The highest BCUT2D eigenvalue weighted by molar-refractivity contribution is 7.21. The second kappa shape index (κ2) is 4.78. The van der Waals surface area contributed by atoms with Crippen LogP contribution in [0.5, 0.6) is 0 Å². The largest absolute Gasteiger partial charge is 0.397 e. The van der Waals surface area contributed by atoms with Gasteiger partial charge in [-0.25, -0.2) is 13.8 Å². The molecule has 106 valence electrons. The summed E-state index contributed by atoms with van der Waals surface area (Å²) in [5.74, 6) is -2.00. The average molecular weight is 305 g/mol. The number of aromatic nitrogens is 1. The molecule has 3 rings (SSSR count). The molecule has 0 atom stereocenters. The molecule has 21 heavy (non-hydrogen) atoms. The van der Waals surface area contributed by atoms with Gasteiger partial charge in [-0.2, -0.15) is 0 Å². The van der Waals surface area contributed by atoms with Gasteiger partial charge < -0.3 is 11.5 Å². The number of pyridine rings is 1. The fraction of sp³-hybridized carbons (Fsp3) is 0. The van der Waals surface area contributed by atoms with Crippen molar-refractivity contribution in [3.63, 3.8) is 0 Å². The number of anilines is 1. The summed E-state index contributed by atoms with van der Waals surface area (Å²) in [5.41, 5.74) is 11.8. The maximum atomic E-state index is 13.8. The molecule has 2 heterocycles. The normalized spacial score (nSPS) is 11.0. The summed E-state index contributed by atoms with van der Waals surface area (Å²) in [6.45, 7) is 0. The Labute approximate surface area is 122 Å². The van der Waals surface area contributed by atoms with Crippen LogP contribution in [0.15, 0.2) is 30.3 Å². The number of thiophene rings is 1. The van der Waals surface area contributed by atoms with Gasteiger partial charge in [-0.1, -0.05) is 0 Å². The van der Waals surface area contributed by atoms with E-state index >= 15 is 0 Å². The minimum atomic E-state index is -0.707. The first kappa shape index (κ1) is 13.4. The number of fused-ring (bicyclic) bond motifs is 1. The van der Waals surface area contributed by atoms with Crippen molar-refractivity contribution in [2.24, 2.45) is 5.73 Å². The number of nitrogens with zero attached hydrogens (tertiary/aromatic N) is 1. The summed E-state index contributed by atoms with van der Waals surface area (Å²) in [5, 5.41) is 0.583. The molecule has 3 aromatic rings. The Hall–Kier alpha value is -2.54. The summed E-state index contributed by atoms with van der Waals surface area (Å²) in [6, 6.07) is 6.46. The summed E-state index contributed by atoms with van der Waals surface area (Å²) < 4.78 is 26.7. The van der Waals surface area contributed by atoms with E-state index in [-0.39, 0.29) is 16.1 Å². The molecule has 7 heteroatoms. The van der Waals surface area contributed by atoms with Crippen LogP contribution in [-0.2, 0) is 0 Å². The van der Waals surface area contributed by atoms with E-state index in [4.69, 9.17) is 11.5 Å². The van der Waals surface area contributed by atoms with E-state index in [0.29, 0.717) is 15.9 Å². The van der Waals surface area contributed by atoms with E-state index in [9.17, 15) is 13.6 Å². The Morgan fingerprint density at radius 2 is 1.95 bits per heavy atom. The zero-order chi connectivity index (χ0) is 15.1. The molecular formula is C14H9F2N3OS. The first-order chi connectivity index (χ1) is 9.97. The van der Waals surface area contributed by atoms with Crippen LogP contribution in [0, 0.1) is 11.6 Å². The average Bonchev–Trinajstić information content (AvgIpc) is 2.76. The molecule has 0 aliphatic heterocycles. The number of hydrogen-bond donors (Lipinski definition) is 2. The molecular weight excluding hydrogens is 296 g/mol. The van der Waals surface area contributed by atoms with Gasteiger partial charge >= 0.3 is 0 Å². The number of carbonyl (C=O) groups is 1. The van der Waals surface area contributed by atoms with Crippen molar-refractivity contribution in [3.8, 4) is 11.3 Å². The van der Waals surface area contributed by atoms with Crippen molar-refractivity contribution in [3.05, 3.63) is 46.8 Å². The Morgan fingerprint density at radius 1 is 1.19 bits per heavy atom. The third-order valence-corrected chi connectivity index (χ3v) is 4.15. The molecule has 0 aliphatic carbocycles. The highest BCUT2D eigenvalue weighted by atomic mass is 32.1. The fourth-order valence-electron chi connectivity index (χ4n) is 2.03. The van der Waals surface area contributed by atoms with Crippen LogP contribution < -0.4 is 11.5 Å². The van der Waals surface area contributed by atoms with Crippen molar-refractivity contribution in [1.29, 1.82) is 0 Å². The zero-order valence-corrected chi connectivity index (χ0v) is 11.4. The van der Waals surface area contributed by atoms with Gasteiger partial charge in [0.15, 0.2) is 0 Å². The summed E-state index contributed by atoms with van der Waals surface area (Å²) >= 11 is 1.04. The first-order valence-corrected chi connectivity index (χ1v) is 6.73. The van der Waals surface area contributed by atoms with Gasteiger partial charge in [0.2, 0.25) is 0 Å². The summed E-state index contributed by atoms with van der Waals surface area (Å²) in [7, 11) is 0. The van der Waals surface area contributed by atoms with Gasteiger partial charge in [-0.05, 0) is 24.3 Å². The minimum absolute atomic E-state index is 0.172. The predicted octanol–water partition coefficient (Wildman–Crippen LogP) is 2.92. The number of rotatable bonds is 2. The Balaban J connectivity index is 2.19. The number of primary amides is 1. The molecule has 4 N–H and O–H groups in total. The molecule has 1 aromatic carbocycles. The highest BCUT2D eigenvalue weighted by Crippen LogP contribution is 2.34. The number of hydrogen-bond acceptors (Lipinski definition) is 4. The second-order valence-corrected chi connectivity index (χ2v) is 5.38. The van der Waals surface area contributed by atoms with E-state index in [1.807, 2.05) is 0 Å². The molecule has 4 nitrogen and oxygen atoms in total. The van der Waals surface area contributed by atoms with E-state index in [1.165, 1.54) is 6.07 Å². The summed E-state index contributed by atoms with van der Waals surface area (Å²) in [6.07, 6.45) is 0. The lowest BCUT2D eigenvalue weighted by molar-refractivity contribution is 0.100. The standard InChI is InChI=1S/C14H9F2N3OS/c15-6-1-2-7(9(16)5-6)10-4-3-8-11(17)12(13(18)20)21-14(8)19-10/h1-5H,17H2,(H2,18,20). The van der Waals surface area contributed by atoms with Crippen LogP contribution >= 0.6 is 11.3 Å². The molecule has 2 aromatic heterocycles. The van der Waals surface area contributed by atoms with Gasteiger partial charge in [0.25, 0.3) is 5.91 Å². The van der Waals surface area contributed by atoms with Crippen LogP contribution in [0.2, 0.25) is 0 Å². The lowest BCUT2D eigenvalue weighted by Crippen LogP contribution is -2.10. The van der Waals surface area contributed by atoms with Crippen molar-refractivity contribution in [2.45, 2.75) is 0 Å². The molecule has 0 spiro atoms. The highest BCUT2D eigenvalue weighted by Gasteiger charge is 2.16. The topological polar surface area (TPSA) is 82.0 Å². The van der Waals surface area contributed by atoms with Crippen LogP contribution in [0.25, 0.3) is 21.5 Å². The number of nitrogens with two attached hydrogens (primary N) is 2. The van der Waals surface area contributed by atoms with Crippen LogP contribution in [0.3, 0.4) is 0 Å². The maximum Gasteiger partial charge on any atom is 0.260 e. The van der Waals surface area contributed by atoms with E-state index in [2.05, 4.69) is 4.98 Å². The zero-order valence-electron chi connectivity index (χ0n) is 10.6. The molecule has 0 saturated heterocycles. The first-order valence-electron chi connectivity index (χ1n) is 5.91. The monoisotopic (exact) mass is 305 g/mol. The minimum Gasteiger partial charge on any atom is -0.397 e. The Kier molecular flexibility index (Phi) is 3.06. The molecule has 0 radical (unpaired) electrons. The van der Waals surface area contributed by atoms with Gasteiger partial charge in [-0.3, -0.25) is 4.79 Å². The van der Waals surface area contributed by atoms with Gasteiger partial charge in [0, 0.05) is 17.0 Å². The molecule has 0 saturated carbocycles. The van der Waals surface area contributed by atoms with Crippen molar-refractivity contribution in [1.82, 2.24) is 4.98 Å². The quantitative estimate of drug-likeness (QED) is 0.763. The third-order valence-electron chi connectivity index (χ3n) is 3.02. The lowest BCUT2D eigenvalue weighted by Gasteiger charge is -2.03. The van der Waals surface area contributed by atoms with E-state index < -0.39 is 17.5 Å². The second-order valence-electron chi connectivity index (χ2n) is 4.38. The van der Waals surface area contributed by atoms with Crippen molar-refractivity contribution >= 4 is 33.1 Å². The lowest BCUT2D eigenvalue weighted by atomic mass is 10.1. The van der Waals surface area contributed by atoms with E-state index in [0.717, 1.165) is 23.5 Å². The molecule has 0 aliphatic rings. The number of carbonyl (C=O) groups excluding carboxylic acids is 1. The molecule has 0 unspecified atom stereocenters. The molecule has 0 fully saturated rings. The molecule has 0 bridgehead atoms. The van der Waals surface area contributed by atoms with E-state index in [1.54, 1.807) is 12.1 Å². The van der Waals surface area contributed by atoms with Gasteiger partial charge in [0.05, 0.1) is 11.4 Å². The van der Waals surface area contributed by atoms with Crippen LogP contribution in [-0.4, -0.2) is 10.9 Å². The van der Waals surface area contributed by atoms with Gasteiger partial charge in [0.1, 0.15) is 21.3 Å². The number of benzene rings is 1. The third kappa shape index (κ3) is 2.21. The Morgan fingerprint density at radius 3 is 2.62 bits per heavy atom. The van der Waals surface area contributed by atoms with Gasteiger partial charge in [-0.15, -0.1) is 11.3 Å². The molecule has 1 amide bonds. The smallest absolute Gasteiger partial charge is 0.260 e. The van der Waals surface area contributed by atoms with Crippen molar-refractivity contribution < 1.29 is 13.6 Å². The fourth-order valence-corrected chi connectivity index (χ4v) is 2.97. The summed E-state index contributed by atoms with van der Waals surface area (Å²) in [4.78, 5) is 16.2. The number of amides is 1. The maximum absolute atomic E-state index is 13.8.